The van der Waals surface area contributed by atoms with Crippen molar-refractivity contribution in [3.8, 4) is 5.88 Å². The second kappa shape index (κ2) is 6.33. The highest BCUT2D eigenvalue weighted by Crippen LogP contribution is 2.22. The first kappa shape index (κ1) is 14.9. The van der Waals surface area contributed by atoms with Gasteiger partial charge in [-0.05, 0) is 43.2 Å². The Morgan fingerprint density at radius 2 is 1.95 bits per heavy atom. The average molecular weight is 351 g/mol. The van der Waals surface area contributed by atoms with Crippen molar-refractivity contribution in [3.63, 3.8) is 0 Å². The summed E-state index contributed by atoms with van der Waals surface area (Å²) in [4.78, 5) is 4.70. The number of benzene rings is 1. The van der Waals surface area contributed by atoms with Crippen LogP contribution in [0.25, 0.3) is 0 Å². The van der Waals surface area contributed by atoms with Crippen molar-refractivity contribution in [2.45, 2.75) is 20.5 Å². The highest BCUT2D eigenvalue weighted by atomic mass is 79.9. The van der Waals surface area contributed by atoms with Crippen LogP contribution in [0.15, 0.2) is 34.8 Å². The summed E-state index contributed by atoms with van der Waals surface area (Å²) in [7, 11) is 0. The van der Waals surface area contributed by atoms with Crippen LogP contribution in [0.1, 0.15) is 22.4 Å². The van der Waals surface area contributed by atoms with E-state index in [9.17, 15) is 0 Å². The van der Waals surface area contributed by atoms with Gasteiger partial charge in [-0.1, -0.05) is 40.3 Å². The Morgan fingerprint density at radius 3 is 2.55 bits per heavy atom. The van der Waals surface area contributed by atoms with Gasteiger partial charge in [-0.25, -0.2) is 4.98 Å². The molecule has 2 rings (SSSR count). The van der Waals surface area contributed by atoms with Crippen LogP contribution in [0, 0.1) is 13.8 Å². The van der Waals surface area contributed by atoms with Crippen LogP contribution in [-0.2, 0) is 6.61 Å². The number of nitrogens with two attached hydrogens (primary N) is 1. The normalized spacial score (nSPS) is 10.3. The SMILES string of the molecule is Cc1cc(C)c(C(N)=S)c(OCc2ccc(Br)cc2)n1. The topological polar surface area (TPSA) is 48.1 Å². The average Bonchev–Trinajstić information content (AvgIpc) is 2.36. The quantitative estimate of drug-likeness (QED) is 0.854. The van der Waals surface area contributed by atoms with Gasteiger partial charge in [-0.2, -0.15) is 0 Å². The summed E-state index contributed by atoms with van der Waals surface area (Å²) in [5, 5.41) is 0. The maximum Gasteiger partial charge on any atom is 0.224 e. The van der Waals surface area contributed by atoms with Crippen LogP contribution in [0.5, 0.6) is 5.88 Å². The Balaban J connectivity index is 2.24. The number of ether oxygens (including phenoxy) is 1. The molecule has 0 aliphatic rings. The van der Waals surface area contributed by atoms with E-state index in [1.807, 2.05) is 44.2 Å². The van der Waals surface area contributed by atoms with E-state index >= 15 is 0 Å². The van der Waals surface area contributed by atoms with E-state index in [1.165, 1.54) is 0 Å². The number of pyridine rings is 1. The van der Waals surface area contributed by atoms with Crippen LogP contribution in [0.2, 0.25) is 0 Å². The van der Waals surface area contributed by atoms with E-state index in [-0.39, 0.29) is 0 Å². The summed E-state index contributed by atoms with van der Waals surface area (Å²) >= 11 is 8.48. The van der Waals surface area contributed by atoms with Gasteiger partial charge in [0.25, 0.3) is 0 Å². The largest absolute Gasteiger partial charge is 0.472 e. The molecule has 5 heteroatoms. The summed E-state index contributed by atoms with van der Waals surface area (Å²) < 4.78 is 6.83. The Labute approximate surface area is 132 Å². The molecule has 1 heterocycles. The predicted octanol–water partition coefficient (Wildman–Crippen LogP) is 3.67. The van der Waals surface area contributed by atoms with Crippen molar-refractivity contribution in [3.05, 3.63) is 57.2 Å². The minimum Gasteiger partial charge on any atom is -0.472 e. The number of thiocarbonyl (C=S) groups is 1. The van der Waals surface area contributed by atoms with Crippen LogP contribution in [0.3, 0.4) is 0 Å². The first-order chi connectivity index (χ1) is 9.47. The van der Waals surface area contributed by atoms with Gasteiger partial charge in [-0.3, -0.25) is 0 Å². The summed E-state index contributed by atoms with van der Waals surface area (Å²) in [6.45, 7) is 4.30. The molecule has 1 aromatic carbocycles. The molecular formula is C15H15BrN2OS. The van der Waals surface area contributed by atoms with Crippen LogP contribution in [0.4, 0.5) is 0 Å². The maximum absolute atomic E-state index is 5.79. The lowest BCUT2D eigenvalue weighted by atomic mass is 10.1. The minimum atomic E-state index is 0.306. The standard InChI is InChI=1S/C15H15BrN2OS/c1-9-7-10(2)18-15(13(9)14(17)20)19-8-11-3-5-12(16)6-4-11/h3-7H,8H2,1-2H3,(H2,17,20). The van der Waals surface area contributed by atoms with Crippen molar-refractivity contribution in [2.24, 2.45) is 5.73 Å². The van der Waals surface area contributed by atoms with Crippen LogP contribution in [-0.4, -0.2) is 9.97 Å². The Morgan fingerprint density at radius 1 is 1.30 bits per heavy atom. The van der Waals surface area contributed by atoms with Crippen LogP contribution < -0.4 is 10.5 Å². The summed E-state index contributed by atoms with van der Waals surface area (Å²) in [6, 6.07) is 9.88. The summed E-state index contributed by atoms with van der Waals surface area (Å²) in [5.41, 5.74) is 9.39. The number of aromatic nitrogens is 1. The van der Waals surface area contributed by atoms with Gasteiger partial charge in [0.1, 0.15) is 11.6 Å². The lowest BCUT2D eigenvalue weighted by Crippen LogP contribution is -2.15. The molecule has 0 saturated heterocycles. The molecule has 104 valence electrons. The van der Waals surface area contributed by atoms with Crippen molar-refractivity contribution in [1.29, 1.82) is 0 Å². The fourth-order valence-corrected chi connectivity index (χ4v) is 2.45. The van der Waals surface area contributed by atoms with E-state index in [0.717, 1.165) is 21.3 Å². The van der Waals surface area contributed by atoms with E-state index in [1.54, 1.807) is 0 Å². The molecular weight excluding hydrogens is 336 g/mol. The maximum atomic E-state index is 5.79. The molecule has 0 amide bonds. The Hall–Kier alpha value is -1.46. The van der Waals surface area contributed by atoms with E-state index < -0.39 is 0 Å². The van der Waals surface area contributed by atoms with E-state index in [2.05, 4.69) is 20.9 Å². The Bertz CT molecular complexity index is 641. The van der Waals surface area contributed by atoms with Gasteiger partial charge in [0.15, 0.2) is 0 Å². The zero-order chi connectivity index (χ0) is 14.7. The smallest absolute Gasteiger partial charge is 0.224 e. The molecule has 0 saturated carbocycles. The first-order valence-corrected chi connectivity index (χ1v) is 7.33. The lowest BCUT2D eigenvalue weighted by Gasteiger charge is -2.13. The predicted molar refractivity (Wildman–Crippen MR) is 88.1 cm³/mol. The molecule has 0 aliphatic heterocycles. The minimum absolute atomic E-state index is 0.306. The zero-order valence-electron chi connectivity index (χ0n) is 11.3. The van der Waals surface area contributed by atoms with Gasteiger partial charge < -0.3 is 10.5 Å². The molecule has 3 nitrogen and oxygen atoms in total. The van der Waals surface area contributed by atoms with Crippen LogP contribution >= 0.6 is 28.1 Å². The van der Waals surface area contributed by atoms with Crippen molar-refractivity contribution >= 4 is 33.1 Å². The summed E-state index contributed by atoms with van der Waals surface area (Å²) in [5.74, 6) is 0.498. The first-order valence-electron chi connectivity index (χ1n) is 6.12. The fourth-order valence-electron chi connectivity index (χ4n) is 1.94. The molecule has 2 aromatic rings. The van der Waals surface area contributed by atoms with Gasteiger partial charge in [0.05, 0.1) is 5.56 Å². The van der Waals surface area contributed by atoms with Crippen molar-refractivity contribution in [1.82, 2.24) is 4.98 Å². The van der Waals surface area contributed by atoms with E-state index in [0.29, 0.717) is 23.0 Å². The third-order valence-electron chi connectivity index (χ3n) is 2.85. The highest BCUT2D eigenvalue weighted by Gasteiger charge is 2.13. The monoisotopic (exact) mass is 350 g/mol. The molecule has 0 bridgehead atoms. The molecule has 1 aromatic heterocycles. The molecule has 2 N–H and O–H groups in total. The van der Waals surface area contributed by atoms with E-state index in [4.69, 9.17) is 22.7 Å². The number of aryl methyl sites for hydroxylation is 2. The molecule has 0 aliphatic carbocycles. The van der Waals surface area contributed by atoms with Gasteiger partial charge in [0.2, 0.25) is 5.88 Å². The second-order valence-corrected chi connectivity index (χ2v) is 5.90. The molecule has 0 fully saturated rings. The Kier molecular flexibility index (Phi) is 4.73. The van der Waals surface area contributed by atoms with Gasteiger partial charge in [0, 0.05) is 10.2 Å². The third-order valence-corrected chi connectivity index (χ3v) is 3.58. The molecule has 20 heavy (non-hydrogen) atoms. The summed E-state index contributed by atoms with van der Waals surface area (Å²) in [6.07, 6.45) is 0. The number of hydrogen-bond acceptors (Lipinski definition) is 3. The number of hydrogen-bond donors (Lipinski definition) is 1. The second-order valence-electron chi connectivity index (χ2n) is 4.54. The van der Waals surface area contributed by atoms with Crippen molar-refractivity contribution in [2.75, 3.05) is 0 Å². The molecule has 0 unspecified atom stereocenters. The molecule has 0 spiro atoms. The number of halogens is 1. The van der Waals surface area contributed by atoms with Gasteiger partial charge >= 0.3 is 0 Å². The molecule has 0 radical (unpaired) electrons. The number of nitrogens with zero attached hydrogens (tertiary/aromatic N) is 1. The van der Waals surface area contributed by atoms with Crippen molar-refractivity contribution < 1.29 is 4.74 Å². The third kappa shape index (κ3) is 3.55. The zero-order valence-corrected chi connectivity index (χ0v) is 13.7. The highest BCUT2D eigenvalue weighted by molar-refractivity contribution is 9.10. The fraction of sp³-hybridized carbons (Fsp3) is 0.200. The number of rotatable bonds is 4. The lowest BCUT2D eigenvalue weighted by molar-refractivity contribution is 0.292. The molecule has 0 atom stereocenters. The van der Waals surface area contributed by atoms with Gasteiger partial charge in [-0.15, -0.1) is 0 Å².